The lowest BCUT2D eigenvalue weighted by Gasteiger charge is -2.29. The number of cyclic esters (lactones) is 2. The highest BCUT2D eigenvalue weighted by Crippen LogP contribution is 2.23. The molecule has 2 aromatic carbocycles. The molecule has 1 fully saturated rings. The first-order valence-corrected chi connectivity index (χ1v) is 9.76. The Morgan fingerprint density at radius 2 is 1.43 bits per heavy atom. The molecule has 146 valence electrons. The van der Waals surface area contributed by atoms with Crippen LogP contribution in [0.15, 0.2) is 71.3 Å². The van der Waals surface area contributed by atoms with Crippen LogP contribution in [0.2, 0.25) is 0 Å². The van der Waals surface area contributed by atoms with Crippen molar-refractivity contribution < 1.29 is 27.5 Å². The van der Waals surface area contributed by atoms with Gasteiger partial charge < -0.3 is 14.8 Å². The molecule has 0 saturated carbocycles. The molecule has 1 saturated heterocycles. The minimum Gasteiger partial charge on any atom is -0.419 e. The summed E-state index contributed by atoms with van der Waals surface area (Å²) in [5.41, 5.74) is 0.630. The third-order valence-corrected chi connectivity index (χ3v) is 5.09. The molecule has 0 bridgehead atoms. The lowest BCUT2D eigenvalue weighted by molar-refractivity contribution is -0.222. The number of hydrogen-bond donors (Lipinski definition) is 2. The molecule has 0 radical (unpaired) electrons. The summed E-state index contributed by atoms with van der Waals surface area (Å²) in [6.07, 6.45) is 1.16. The number of carbonyl (C=O) groups is 2. The first kappa shape index (κ1) is 19.4. The number of hydrogen-bond acceptors (Lipinski definition) is 7. The van der Waals surface area contributed by atoms with Crippen LogP contribution in [-0.2, 0) is 29.1 Å². The lowest BCUT2D eigenvalue weighted by atomic mass is 10.2. The fourth-order valence-electron chi connectivity index (χ4n) is 2.38. The molecular formula is C19H18N2O6S. The molecule has 0 aliphatic carbocycles. The molecule has 2 N–H and O–H groups in total. The van der Waals surface area contributed by atoms with Crippen LogP contribution in [-0.4, -0.2) is 26.1 Å². The number of sulfonamides is 1. The highest BCUT2D eigenvalue weighted by atomic mass is 32.2. The summed E-state index contributed by atoms with van der Waals surface area (Å²) < 4.78 is 37.2. The van der Waals surface area contributed by atoms with Crippen molar-refractivity contribution in [1.29, 1.82) is 0 Å². The molecule has 1 aliphatic rings. The summed E-state index contributed by atoms with van der Waals surface area (Å²) in [6.45, 7) is 2.91. The van der Waals surface area contributed by atoms with E-state index in [2.05, 4.69) is 10.0 Å². The maximum Gasteiger partial charge on any atom is 0.350 e. The molecule has 0 spiro atoms. The van der Waals surface area contributed by atoms with Gasteiger partial charge in [0.25, 0.3) is 15.8 Å². The smallest absolute Gasteiger partial charge is 0.350 e. The maximum atomic E-state index is 12.4. The van der Waals surface area contributed by atoms with Crippen LogP contribution in [0.5, 0.6) is 0 Å². The van der Waals surface area contributed by atoms with E-state index in [-0.39, 0.29) is 10.5 Å². The SMILES string of the molecule is CC1(C)OC(=O)C(=CNc2ccc(S(=O)(=O)Nc3ccccc3)cc2)C(=O)O1. The zero-order valence-electron chi connectivity index (χ0n) is 15.1. The van der Waals surface area contributed by atoms with Crippen LogP contribution < -0.4 is 10.0 Å². The molecule has 1 heterocycles. The van der Waals surface area contributed by atoms with Crippen LogP contribution in [0, 0.1) is 0 Å². The van der Waals surface area contributed by atoms with Crippen molar-refractivity contribution in [2.75, 3.05) is 10.0 Å². The van der Waals surface area contributed by atoms with Crippen LogP contribution in [0.1, 0.15) is 13.8 Å². The maximum absolute atomic E-state index is 12.4. The molecule has 8 nitrogen and oxygen atoms in total. The first-order valence-electron chi connectivity index (χ1n) is 8.28. The first-order chi connectivity index (χ1) is 13.2. The number of rotatable bonds is 5. The van der Waals surface area contributed by atoms with Gasteiger partial charge in [0.15, 0.2) is 5.57 Å². The molecular weight excluding hydrogens is 384 g/mol. The number of ether oxygens (including phenoxy) is 2. The number of nitrogens with one attached hydrogen (secondary N) is 2. The zero-order valence-corrected chi connectivity index (χ0v) is 15.9. The molecule has 2 aromatic rings. The Morgan fingerprint density at radius 1 is 0.857 bits per heavy atom. The Kier molecular flexibility index (Phi) is 5.10. The largest absolute Gasteiger partial charge is 0.419 e. The van der Waals surface area contributed by atoms with Gasteiger partial charge in [0.1, 0.15) is 0 Å². The summed E-state index contributed by atoms with van der Waals surface area (Å²) in [6, 6.07) is 14.3. The number of esters is 2. The Bertz CT molecular complexity index is 1010. The van der Waals surface area contributed by atoms with E-state index in [1.54, 1.807) is 30.3 Å². The van der Waals surface area contributed by atoms with E-state index in [0.29, 0.717) is 11.4 Å². The normalized spacial score (nSPS) is 16.0. The van der Waals surface area contributed by atoms with E-state index >= 15 is 0 Å². The molecule has 0 atom stereocenters. The van der Waals surface area contributed by atoms with Crippen LogP contribution in [0.25, 0.3) is 0 Å². The standard InChI is InChI=1S/C19H18N2O6S/c1-19(2)26-17(22)16(18(23)27-19)12-20-13-8-10-15(11-9-13)28(24,25)21-14-6-4-3-5-7-14/h3-12,20-21H,1-2H3. The van der Waals surface area contributed by atoms with Crippen molar-refractivity contribution in [2.24, 2.45) is 0 Å². The van der Waals surface area contributed by atoms with Gasteiger partial charge in [-0.15, -0.1) is 0 Å². The third-order valence-electron chi connectivity index (χ3n) is 3.69. The number of carbonyl (C=O) groups excluding carboxylic acids is 2. The van der Waals surface area contributed by atoms with E-state index in [4.69, 9.17) is 9.47 Å². The summed E-state index contributed by atoms with van der Waals surface area (Å²) in [5, 5.41) is 2.75. The Labute approximate surface area is 162 Å². The van der Waals surface area contributed by atoms with Gasteiger partial charge in [0.2, 0.25) is 0 Å². The van der Waals surface area contributed by atoms with Gasteiger partial charge in [-0.3, -0.25) is 4.72 Å². The fraction of sp³-hybridized carbons (Fsp3) is 0.158. The topological polar surface area (TPSA) is 111 Å². The Balaban J connectivity index is 1.71. The zero-order chi connectivity index (χ0) is 20.4. The Hall–Kier alpha value is -3.33. The predicted molar refractivity (Wildman–Crippen MR) is 102 cm³/mol. The molecule has 0 unspecified atom stereocenters. The second-order valence-electron chi connectivity index (χ2n) is 6.38. The molecule has 0 amide bonds. The summed E-state index contributed by atoms with van der Waals surface area (Å²) in [5.74, 6) is -2.92. The summed E-state index contributed by atoms with van der Waals surface area (Å²) in [7, 11) is -3.74. The highest BCUT2D eigenvalue weighted by Gasteiger charge is 2.38. The van der Waals surface area contributed by atoms with E-state index in [1.165, 1.54) is 38.1 Å². The minimum absolute atomic E-state index is 0.0628. The fourth-order valence-corrected chi connectivity index (χ4v) is 3.44. The van der Waals surface area contributed by atoms with Crippen LogP contribution in [0.3, 0.4) is 0 Å². The van der Waals surface area contributed by atoms with Gasteiger partial charge in [-0.2, -0.15) is 0 Å². The average Bonchev–Trinajstić information content (AvgIpc) is 2.61. The van der Waals surface area contributed by atoms with Gasteiger partial charge >= 0.3 is 11.9 Å². The van der Waals surface area contributed by atoms with Crippen molar-refractivity contribution in [3.63, 3.8) is 0 Å². The number of para-hydroxylation sites is 1. The van der Waals surface area contributed by atoms with Crippen molar-refractivity contribution in [3.8, 4) is 0 Å². The predicted octanol–water partition coefficient (Wildman–Crippen LogP) is 2.62. The average molecular weight is 402 g/mol. The molecule has 28 heavy (non-hydrogen) atoms. The van der Waals surface area contributed by atoms with Gasteiger partial charge in [-0.25, -0.2) is 18.0 Å². The van der Waals surface area contributed by atoms with Gasteiger partial charge in [0.05, 0.1) is 4.90 Å². The monoisotopic (exact) mass is 402 g/mol. The Morgan fingerprint density at radius 3 is 2.00 bits per heavy atom. The van der Waals surface area contributed by atoms with E-state index < -0.39 is 27.7 Å². The number of benzene rings is 2. The van der Waals surface area contributed by atoms with E-state index in [1.807, 2.05) is 0 Å². The number of anilines is 2. The van der Waals surface area contributed by atoms with Crippen LogP contribution in [0.4, 0.5) is 11.4 Å². The minimum atomic E-state index is -3.74. The van der Waals surface area contributed by atoms with Gasteiger partial charge in [0, 0.05) is 31.4 Å². The van der Waals surface area contributed by atoms with Crippen molar-refractivity contribution in [2.45, 2.75) is 24.5 Å². The molecule has 3 rings (SSSR count). The van der Waals surface area contributed by atoms with Gasteiger partial charge in [-0.05, 0) is 36.4 Å². The van der Waals surface area contributed by atoms with Crippen molar-refractivity contribution >= 4 is 33.3 Å². The second kappa shape index (κ2) is 7.35. The van der Waals surface area contributed by atoms with Gasteiger partial charge in [-0.1, -0.05) is 18.2 Å². The van der Waals surface area contributed by atoms with Crippen molar-refractivity contribution in [1.82, 2.24) is 0 Å². The van der Waals surface area contributed by atoms with E-state index in [0.717, 1.165) is 6.20 Å². The van der Waals surface area contributed by atoms with E-state index in [9.17, 15) is 18.0 Å². The third kappa shape index (κ3) is 4.49. The summed E-state index contributed by atoms with van der Waals surface area (Å²) >= 11 is 0. The highest BCUT2D eigenvalue weighted by molar-refractivity contribution is 7.92. The molecule has 0 aromatic heterocycles. The van der Waals surface area contributed by atoms with Crippen LogP contribution >= 0.6 is 0 Å². The second-order valence-corrected chi connectivity index (χ2v) is 8.06. The summed E-state index contributed by atoms with van der Waals surface area (Å²) in [4.78, 5) is 23.8. The molecule has 1 aliphatic heterocycles. The van der Waals surface area contributed by atoms with Crippen molar-refractivity contribution in [3.05, 3.63) is 66.4 Å². The lowest BCUT2D eigenvalue weighted by Crippen LogP contribution is -2.42. The molecule has 9 heteroatoms. The quantitative estimate of drug-likeness (QED) is 0.449.